The normalized spacial score (nSPS) is 17.7. The number of H-pyrrole nitrogens is 1. The Balaban J connectivity index is 0.986. The molecule has 14 nitrogen and oxygen atoms in total. The van der Waals surface area contributed by atoms with Gasteiger partial charge in [0.05, 0.1) is 33.5 Å². The van der Waals surface area contributed by atoms with E-state index < -0.39 is 55.7 Å². The van der Waals surface area contributed by atoms with Crippen molar-refractivity contribution in [3.8, 4) is 17.6 Å². The van der Waals surface area contributed by atoms with Gasteiger partial charge in [-0.15, -0.1) is 9.05 Å². The van der Waals surface area contributed by atoms with Crippen molar-refractivity contribution in [2.45, 2.75) is 82.6 Å². The molecule has 0 saturated carbocycles. The lowest BCUT2D eigenvalue weighted by Gasteiger charge is -2.37. The van der Waals surface area contributed by atoms with Crippen LogP contribution in [-0.4, -0.2) is 78.3 Å². The molecule has 12 rings (SSSR count). The Hall–Kier alpha value is -7.83. The quantitative estimate of drug-likeness (QED) is 0.0333. The van der Waals surface area contributed by atoms with Gasteiger partial charge in [-0.2, -0.15) is 5.26 Å². The van der Waals surface area contributed by atoms with Gasteiger partial charge < -0.3 is 23.7 Å². The number of hydrogen-bond donors (Lipinski definition) is 1. The molecular formula is C64H58N4O10P+. The first-order valence-corrected chi connectivity index (χ1v) is 27.6. The van der Waals surface area contributed by atoms with E-state index in [1.807, 2.05) is 111 Å². The molecule has 0 spiro atoms. The van der Waals surface area contributed by atoms with Crippen LogP contribution in [0.25, 0.3) is 64.6 Å². The minimum atomic E-state index is -3.00. The van der Waals surface area contributed by atoms with E-state index in [4.69, 9.17) is 32.7 Å². The lowest BCUT2D eigenvalue weighted by Crippen LogP contribution is -2.46. The van der Waals surface area contributed by atoms with Gasteiger partial charge in [-0.3, -0.25) is 19.2 Å². The first-order valence-electron chi connectivity index (χ1n) is 26.5. The van der Waals surface area contributed by atoms with E-state index in [2.05, 4.69) is 77.8 Å². The summed E-state index contributed by atoms with van der Waals surface area (Å²) in [6.07, 6.45) is -3.48. The third-order valence-corrected chi connectivity index (χ3v) is 16.6. The number of nitrogens with one attached hydrogen (secondary N) is 1. The van der Waals surface area contributed by atoms with Crippen molar-refractivity contribution in [1.29, 1.82) is 5.26 Å². The third kappa shape index (κ3) is 9.02. The van der Waals surface area contributed by atoms with Crippen molar-refractivity contribution in [3.63, 3.8) is 0 Å². The van der Waals surface area contributed by atoms with Crippen LogP contribution in [0.5, 0.6) is 11.5 Å². The highest BCUT2D eigenvalue weighted by Crippen LogP contribution is 2.50. The zero-order chi connectivity index (χ0) is 54.7. The zero-order valence-corrected chi connectivity index (χ0v) is 45.4. The van der Waals surface area contributed by atoms with Crippen LogP contribution in [0.2, 0.25) is 0 Å². The number of methoxy groups -OCH3 is 2. The molecule has 79 heavy (non-hydrogen) atoms. The largest absolute Gasteiger partial charge is 0.697 e. The van der Waals surface area contributed by atoms with Gasteiger partial charge in [-0.1, -0.05) is 115 Å². The summed E-state index contributed by atoms with van der Waals surface area (Å²) in [4.78, 5) is 31.0. The molecule has 11 aromatic rings. The smallest absolute Gasteiger partial charge is 0.497 e. The lowest BCUT2D eigenvalue weighted by molar-refractivity contribution is -0.0986. The Morgan fingerprint density at radius 3 is 1.72 bits per heavy atom. The van der Waals surface area contributed by atoms with Crippen LogP contribution in [-0.2, 0) is 40.0 Å². The van der Waals surface area contributed by atoms with Gasteiger partial charge in [-0.25, -0.2) is 4.79 Å². The Morgan fingerprint density at radius 2 is 1.19 bits per heavy atom. The van der Waals surface area contributed by atoms with Crippen LogP contribution < -0.4 is 20.7 Å². The summed E-state index contributed by atoms with van der Waals surface area (Å²) in [6.45, 7) is 7.49. The summed E-state index contributed by atoms with van der Waals surface area (Å²) >= 11 is 0. The monoisotopic (exact) mass is 1070 g/mol. The van der Waals surface area contributed by atoms with E-state index in [-0.39, 0.29) is 31.9 Å². The van der Waals surface area contributed by atoms with Crippen molar-refractivity contribution in [1.82, 2.24) is 14.5 Å². The van der Waals surface area contributed by atoms with Gasteiger partial charge in [0.2, 0.25) is 0 Å². The number of rotatable bonds is 20. The number of ether oxygens (including phenoxy) is 5. The molecular weight excluding hydrogens is 1020 g/mol. The fraction of sp³-hybridized carbons (Fsp3) is 0.266. The molecule has 6 atom stereocenters. The molecule has 1 saturated heterocycles. The number of aromatic nitrogens is 2. The molecule has 2 heterocycles. The van der Waals surface area contributed by atoms with Crippen LogP contribution in [0.4, 0.5) is 0 Å². The molecule has 15 heteroatoms. The van der Waals surface area contributed by atoms with Crippen LogP contribution >= 0.6 is 8.25 Å². The number of aromatic amines is 1. The van der Waals surface area contributed by atoms with Gasteiger partial charge in [0.1, 0.15) is 42.0 Å². The van der Waals surface area contributed by atoms with Crippen LogP contribution in [0, 0.1) is 11.3 Å². The topological polar surface area (TPSA) is 164 Å². The molecule has 0 bridgehead atoms. The molecule has 10 aromatic carbocycles. The zero-order valence-electron chi connectivity index (χ0n) is 44.5. The van der Waals surface area contributed by atoms with E-state index in [1.54, 1.807) is 14.2 Å². The average molecular weight is 1070 g/mol. The predicted molar refractivity (Wildman–Crippen MR) is 307 cm³/mol. The van der Waals surface area contributed by atoms with Crippen molar-refractivity contribution in [2.75, 3.05) is 27.4 Å². The summed E-state index contributed by atoms with van der Waals surface area (Å²) in [5, 5.41) is 24.2. The minimum Gasteiger partial charge on any atom is -0.497 e. The Morgan fingerprint density at radius 1 is 0.671 bits per heavy atom. The molecule has 1 N–H and O–H groups in total. The van der Waals surface area contributed by atoms with Gasteiger partial charge in [0.15, 0.2) is 12.3 Å². The maximum absolute atomic E-state index is 14.6. The maximum atomic E-state index is 14.6. The number of benzene rings is 10. The van der Waals surface area contributed by atoms with Crippen molar-refractivity contribution < 1.29 is 37.3 Å². The average Bonchev–Trinajstić information content (AvgIpc) is 3.70. The van der Waals surface area contributed by atoms with Crippen molar-refractivity contribution in [3.05, 3.63) is 201 Å². The standard InChI is InChI=1S/C64H57N4O10P/c1-37(2)68(38(3)4)48(33-65)35-76-79(71)78-60-52(36-75-64(45-10-8-7-9-11-45,46-21-25-49(72-5)26-22-46)47-23-27-50(73-6)28-24-47)77-62(67-31-30-53(69)66-63(67)70)61(60)74-34-44-32-43-19-18-41-15-13-39-12-14-40-16-17-42-20-29-51(44)59-57(42)55(40)54(39)56(41)58(43)59/h7-32,37-38,48,52,60-62H,34-36H2,1-6H3/p+1/t48?,52-,60?,61?,62-/m0/s1. The Bertz CT molecular complexity index is 4050. The van der Waals surface area contributed by atoms with Gasteiger partial charge in [0.25, 0.3) is 5.56 Å². The molecule has 1 fully saturated rings. The molecule has 4 unspecified atom stereocenters. The second-order valence-electron chi connectivity index (χ2n) is 20.8. The van der Waals surface area contributed by atoms with Crippen molar-refractivity contribution >= 4 is 72.9 Å². The molecule has 0 radical (unpaired) electrons. The second kappa shape index (κ2) is 21.1. The molecule has 1 aliphatic rings. The van der Waals surface area contributed by atoms with Crippen LogP contribution in [0.1, 0.15) is 56.2 Å². The molecule has 0 aliphatic carbocycles. The number of nitriles is 1. The highest BCUT2D eigenvalue weighted by atomic mass is 31.1. The fourth-order valence-electron chi connectivity index (χ4n) is 12.4. The first kappa shape index (κ1) is 51.9. The number of hydrogen-bond acceptors (Lipinski definition) is 12. The second-order valence-corrected chi connectivity index (χ2v) is 21.7. The SMILES string of the molecule is COc1ccc(C(OC[C@@H]2O[C@H](n3ccc(=O)[nH]c3=O)C(OCc3cc4ccc5ccc6ccc7ccc8ccc3c3c8c7c6c5c43)C2O[P+](=O)OCC(C#N)N(C(C)C)C(C)C)(c2ccccc2)c2ccc(OC)cc2)cc1. The summed E-state index contributed by atoms with van der Waals surface area (Å²) in [6, 6.07) is 51.6. The summed E-state index contributed by atoms with van der Waals surface area (Å²) in [5.41, 5.74) is 0.437. The summed E-state index contributed by atoms with van der Waals surface area (Å²) in [5.74, 6) is 1.28. The maximum Gasteiger partial charge on any atom is 0.697 e. The van der Waals surface area contributed by atoms with Crippen LogP contribution in [0.3, 0.4) is 0 Å². The van der Waals surface area contributed by atoms with E-state index in [1.165, 1.54) is 49.1 Å². The Labute approximate surface area is 456 Å². The summed E-state index contributed by atoms with van der Waals surface area (Å²) in [7, 11) is 0.212. The highest BCUT2D eigenvalue weighted by molar-refractivity contribution is 7.33. The fourth-order valence-corrected chi connectivity index (χ4v) is 13.2. The highest BCUT2D eigenvalue weighted by Gasteiger charge is 2.54. The van der Waals surface area contributed by atoms with E-state index in [0.717, 1.165) is 54.6 Å². The third-order valence-electron chi connectivity index (χ3n) is 15.8. The Kier molecular flexibility index (Phi) is 13.9. The number of nitrogens with zero attached hydrogens (tertiary/aromatic N) is 3. The van der Waals surface area contributed by atoms with E-state index >= 15 is 0 Å². The lowest BCUT2D eigenvalue weighted by atomic mass is 9.80. The van der Waals surface area contributed by atoms with E-state index in [0.29, 0.717) is 11.5 Å². The van der Waals surface area contributed by atoms with Gasteiger partial charge >= 0.3 is 13.9 Å². The molecule has 1 aromatic heterocycles. The molecule has 398 valence electrons. The molecule has 1 aliphatic heterocycles. The van der Waals surface area contributed by atoms with Crippen LogP contribution in [0.15, 0.2) is 167 Å². The van der Waals surface area contributed by atoms with Crippen molar-refractivity contribution in [2.24, 2.45) is 0 Å². The molecule has 0 amide bonds. The predicted octanol–water partition coefficient (Wildman–Crippen LogP) is 12.3. The van der Waals surface area contributed by atoms with E-state index in [9.17, 15) is 19.4 Å². The summed E-state index contributed by atoms with van der Waals surface area (Å²) < 4.78 is 61.2. The van der Waals surface area contributed by atoms with Gasteiger partial charge in [0, 0.05) is 28.9 Å². The minimum absolute atomic E-state index is 0.00852. The van der Waals surface area contributed by atoms with Gasteiger partial charge in [-0.05, 0) is 145 Å². The first-order chi connectivity index (χ1) is 38.4.